The molecule has 4 rings (SSSR count). The molecule has 0 radical (unpaired) electrons. The van der Waals surface area contributed by atoms with Gasteiger partial charge in [0.1, 0.15) is 17.3 Å². The summed E-state index contributed by atoms with van der Waals surface area (Å²) in [5.74, 6) is -1.88. The summed E-state index contributed by atoms with van der Waals surface area (Å²) in [4.78, 5) is 45.1. The number of furan rings is 1. The van der Waals surface area contributed by atoms with Crippen molar-refractivity contribution in [3.8, 4) is 0 Å². The van der Waals surface area contributed by atoms with Gasteiger partial charge in [-0.3, -0.25) is 24.3 Å². The van der Waals surface area contributed by atoms with E-state index in [1.807, 2.05) is 0 Å². The van der Waals surface area contributed by atoms with Gasteiger partial charge in [-0.1, -0.05) is 25.0 Å². The minimum atomic E-state index is -1.27. The summed E-state index contributed by atoms with van der Waals surface area (Å²) in [7, 11) is 0. The molecule has 9 heteroatoms. The van der Waals surface area contributed by atoms with Gasteiger partial charge in [0.25, 0.3) is 5.91 Å². The van der Waals surface area contributed by atoms with Crippen molar-refractivity contribution in [1.29, 1.82) is 0 Å². The molecule has 3 aromatic rings. The van der Waals surface area contributed by atoms with Gasteiger partial charge in [0, 0.05) is 18.8 Å². The average molecular weight is 479 g/mol. The second-order valence-electron chi connectivity index (χ2n) is 8.54. The Morgan fingerprint density at radius 3 is 2.49 bits per heavy atom. The Kier molecular flexibility index (Phi) is 7.54. The lowest BCUT2D eigenvalue weighted by atomic mass is 10.1. The third-order valence-electron chi connectivity index (χ3n) is 5.94. The lowest BCUT2D eigenvalue weighted by Crippen LogP contribution is -2.50. The topological polar surface area (TPSA) is 105 Å². The van der Waals surface area contributed by atoms with Crippen LogP contribution in [0.25, 0.3) is 0 Å². The van der Waals surface area contributed by atoms with Crippen molar-refractivity contribution in [3.63, 3.8) is 0 Å². The van der Waals surface area contributed by atoms with E-state index in [0.717, 1.165) is 30.6 Å². The number of aromatic nitrogens is 1. The minimum Gasteiger partial charge on any atom is -0.464 e. The number of carbonyl (C=O) groups excluding carboxylic acids is 3. The van der Waals surface area contributed by atoms with Crippen molar-refractivity contribution >= 4 is 23.4 Å². The molecule has 3 amide bonds. The molecule has 0 spiro atoms. The maximum atomic E-state index is 13.5. The molecule has 2 aromatic heterocycles. The van der Waals surface area contributed by atoms with Crippen molar-refractivity contribution in [2.75, 3.05) is 4.90 Å². The Labute approximate surface area is 202 Å². The molecule has 1 fully saturated rings. The molecule has 1 aromatic carbocycles. The van der Waals surface area contributed by atoms with Gasteiger partial charge >= 0.3 is 11.8 Å². The summed E-state index contributed by atoms with van der Waals surface area (Å²) in [5.41, 5.74) is 0.947. The van der Waals surface area contributed by atoms with Crippen molar-refractivity contribution in [3.05, 3.63) is 83.8 Å². The highest BCUT2D eigenvalue weighted by Gasteiger charge is 2.38. The molecule has 0 aliphatic heterocycles. The Hall–Kier alpha value is -4.01. The summed E-state index contributed by atoms with van der Waals surface area (Å²) in [6.45, 7) is 1.82. The van der Waals surface area contributed by atoms with Crippen LogP contribution in [0.5, 0.6) is 0 Å². The highest BCUT2D eigenvalue weighted by Crippen LogP contribution is 2.29. The number of nitrogens with one attached hydrogen (secondary N) is 2. The van der Waals surface area contributed by atoms with Gasteiger partial charge in [-0.15, -0.1) is 0 Å². The first kappa shape index (κ1) is 24.1. The number of aryl methyl sites for hydroxylation is 1. The molecule has 8 nitrogen and oxygen atoms in total. The number of hydrogen-bond donors (Lipinski definition) is 2. The molecule has 1 saturated carbocycles. The smallest absolute Gasteiger partial charge is 0.317 e. The van der Waals surface area contributed by atoms with Crippen LogP contribution in [0.4, 0.5) is 10.1 Å². The van der Waals surface area contributed by atoms with Crippen LogP contribution in [0.3, 0.4) is 0 Å². The number of hydrogen-bond acceptors (Lipinski definition) is 5. The minimum absolute atomic E-state index is 0.0705. The van der Waals surface area contributed by atoms with E-state index in [4.69, 9.17) is 4.42 Å². The van der Waals surface area contributed by atoms with E-state index >= 15 is 0 Å². The lowest BCUT2D eigenvalue weighted by Gasteiger charge is -2.29. The third kappa shape index (κ3) is 5.92. The van der Waals surface area contributed by atoms with Gasteiger partial charge in [0.15, 0.2) is 6.04 Å². The highest BCUT2D eigenvalue weighted by atomic mass is 19.1. The zero-order valence-electron chi connectivity index (χ0n) is 19.4. The monoisotopic (exact) mass is 478 g/mol. The number of anilines is 1. The van der Waals surface area contributed by atoms with Gasteiger partial charge in [0.05, 0.1) is 11.9 Å². The zero-order chi connectivity index (χ0) is 24.8. The molecule has 0 bridgehead atoms. The maximum Gasteiger partial charge on any atom is 0.317 e. The molecule has 1 aliphatic carbocycles. The first-order chi connectivity index (χ1) is 16.9. The molecule has 2 heterocycles. The number of pyridine rings is 1. The first-order valence-electron chi connectivity index (χ1n) is 11.5. The van der Waals surface area contributed by atoms with Crippen LogP contribution in [-0.4, -0.2) is 28.7 Å². The fourth-order valence-electron chi connectivity index (χ4n) is 4.17. The number of halogens is 1. The van der Waals surface area contributed by atoms with Crippen LogP contribution in [0.2, 0.25) is 0 Å². The van der Waals surface area contributed by atoms with E-state index in [2.05, 4.69) is 15.6 Å². The average Bonchev–Trinajstić information content (AvgIpc) is 3.53. The summed E-state index contributed by atoms with van der Waals surface area (Å²) in [6.07, 6.45) is 6.55. The molecule has 2 N–H and O–H groups in total. The molecule has 1 atom stereocenters. The highest BCUT2D eigenvalue weighted by molar-refractivity contribution is 6.41. The molecule has 0 saturated heterocycles. The lowest BCUT2D eigenvalue weighted by molar-refractivity contribution is -0.139. The second kappa shape index (κ2) is 10.9. The van der Waals surface area contributed by atoms with Gasteiger partial charge in [0.2, 0.25) is 0 Å². The molecule has 35 heavy (non-hydrogen) atoms. The number of nitrogens with zero attached hydrogens (tertiary/aromatic N) is 2. The molecular weight excluding hydrogens is 451 g/mol. The van der Waals surface area contributed by atoms with E-state index in [1.165, 1.54) is 24.5 Å². The summed E-state index contributed by atoms with van der Waals surface area (Å²) < 4.78 is 19.0. The van der Waals surface area contributed by atoms with Crippen LogP contribution in [0, 0.1) is 12.7 Å². The molecule has 0 unspecified atom stereocenters. The van der Waals surface area contributed by atoms with Gasteiger partial charge in [-0.25, -0.2) is 4.39 Å². The molecule has 182 valence electrons. The fourth-order valence-corrected chi connectivity index (χ4v) is 4.17. The Morgan fingerprint density at radius 1 is 1.11 bits per heavy atom. The van der Waals surface area contributed by atoms with E-state index in [0.29, 0.717) is 11.3 Å². The van der Waals surface area contributed by atoms with Crippen LogP contribution in [0.1, 0.15) is 48.8 Å². The number of rotatable bonds is 7. The predicted octanol–water partition coefficient (Wildman–Crippen LogP) is 3.57. The van der Waals surface area contributed by atoms with E-state index in [9.17, 15) is 18.8 Å². The normalized spacial score (nSPS) is 14.3. The summed E-state index contributed by atoms with van der Waals surface area (Å²) in [6, 6.07) is 10.9. The number of amides is 3. The summed E-state index contributed by atoms with van der Waals surface area (Å²) in [5, 5.41) is 5.57. The Morgan fingerprint density at radius 2 is 1.86 bits per heavy atom. The van der Waals surface area contributed by atoms with Crippen LogP contribution < -0.4 is 15.5 Å². The standard InChI is InChI=1S/C26H27FN4O4/c1-17-8-13-22(35-17)23(24(32)29-15-18-9-11-19(27)12-10-18)31(21-7-4-14-28-16-21)26(34)25(33)30-20-5-2-3-6-20/h4,7-14,16,20,23H,2-3,5-6,15H2,1H3,(H,29,32)(H,30,33)/t23-/m1/s1. The van der Waals surface area contributed by atoms with Gasteiger partial charge in [-0.2, -0.15) is 0 Å². The molecular formula is C26H27FN4O4. The van der Waals surface area contributed by atoms with Gasteiger partial charge < -0.3 is 15.1 Å². The van der Waals surface area contributed by atoms with Crippen molar-refractivity contribution in [2.45, 2.75) is 51.2 Å². The van der Waals surface area contributed by atoms with Crippen molar-refractivity contribution in [1.82, 2.24) is 15.6 Å². The largest absolute Gasteiger partial charge is 0.464 e. The Balaban J connectivity index is 1.65. The number of benzene rings is 1. The SMILES string of the molecule is Cc1ccc([C@H](C(=O)NCc2ccc(F)cc2)N(C(=O)C(=O)NC2CCCC2)c2cccnc2)o1. The van der Waals surface area contributed by atoms with E-state index in [1.54, 1.807) is 43.3 Å². The maximum absolute atomic E-state index is 13.5. The van der Waals surface area contributed by atoms with Crippen molar-refractivity contribution in [2.24, 2.45) is 0 Å². The van der Waals surface area contributed by atoms with Crippen LogP contribution in [-0.2, 0) is 20.9 Å². The van der Waals surface area contributed by atoms with E-state index in [-0.39, 0.29) is 29.9 Å². The van der Waals surface area contributed by atoms with Crippen LogP contribution in [0.15, 0.2) is 65.3 Å². The molecule has 1 aliphatic rings. The zero-order valence-corrected chi connectivity index (χ0v) is 19.4. The van der Waals surface area contributed by atoms with Crippen molar-refractivity contribution < 1.29 is 23.2 Å². The predicted molar refractivity (Wildman–Crippen MR) is 127 cm³/mol. The quantitative estimate of drug-likeness (QED) is 0.505. The van der Waals surface area contributed by atoms with Gasteiger partial charge in [-0.05, 0) is 61.7 Å². The Bertz CT molecular complexity index is 1170. The third-order valence-corrected chi connectivity index (χ3v) is 5.94. The van der Waals surface area contributed by atoms with E-state index < -0.39 is 23.8 Å². The second-order valence-corrected chi connectivity index (χ2v) is 8.54. The summed E-state index contributed by atoms with van der Waals surface area (Å²) >= 11 is 0. The fraction of sp³-hybridized carbons (Fsp3) is 0.308. The van der Waals surface area contributed by atoms with Crippen LogP contribution >= 0.6 is 0 Å². The first-order valence-corrected chi connectivity index (χ1v) is 11.5. The number of carbonyl (C=O) groups is 3.